The van der Waals surface area contributed by atoms with Gasteiger partial charge in [-0.05, 0) is 37.7 Å². The van der Waals surface area contributed by atoms with Crippen LogP contribution in [-0.2, 0) is 9.84 Å². The zero-order chi connectivity index (χ0) is 12.9. The van der Waals surface area contributed by atoms with Crippen molar-refractivity contribution in [2.75, 3.05) is 18.8 Å². The number of nitrogens with one attached hydrogen (secondary N) is 1. The molecule has 17 heavy (non-hydrogen) atoms. The molecular formula is C11H15Cl2NO2S. The maximum Gasteiger partial charge on any atom is 0.178 e. The molecule has 0 atom stereocenters. The molecular weight excluding hydrogens is 281 g/mol. The van der Waals surface area contributed by atoms with Crippen molar-refractivity contribution in [1.29, 1.82) is 0 Å². The van der Waals surface area contributed by atoms with Gasteiger partial charge in [-0.15, -0.1) is 0 Å². The number of rotatable bonds is 6. The van der Waals surface area contributed by atoms with Crippen LogP contribution in [-0.4, -0.2) is 27.3 Å². The van der Waals surface area contributed by atoms with Crippen LogP contribution in [0.15, 0.2) is 23.1 Å². The Morgan fingerprint density at radius 1 is 1.24 bits per heavy atom. The molecule has 0 amide bonds. The largest absolute Gasteiger partial charge is 0.317 e. The summed E-state index contributed by atoms with van der Waals surface area (Å²) in [4.78, 5) is 0.225. The second-order valence-corrected chi connectivity index (χ2v) is 6.53. The van der Waals surface area contributed by atoms with Gasteiger partial charge in [0, 0.05) is 0 Å². The summed E-state index contributed by atoms with van der Waals surface area (Å²) in [5.41, 5.74) is 0. The van der Waals surface area contributed by atoms with Crippen molar-refractivity contribution in [3.63, 3.8) is 0 Å². The van der Waals surface area contributed by atoms with E-state index in [0.29, 0.717) is 18.0 Å². The molecule has 1 aromatic rings. The van der Waals surface area contributed by atoms with E-state index in [2.05, 4.69) is 5.32 Å². The summed E-state index contributed by atoms with van der Waals surface area (Å²) in [7, 11) is -3.26. The van der Waals surface area contributed by atoms with E-state index in [9.17, 15) is 8.42 Å². The maximum atomic E-state index is 11.9. The third kappa shape index (κ3) is 4.47. The van der Waals surface area contributed by atoms with E-state index in [-0.39, 0.29) is 15.7 Å². The van der Waals surface area contributed by atoms with Gasteiger partial charge in [0.2, 0.25) is 0 Å². The fraction of sp³-hybridized carbons (Fsp3) is 0.455. The lowest BCUT2D eigenvalue weighted by atomic mass is 10.4. The van der Waals surface area contributed by atoms with Gasteiger partial charge in [-0.2, -0.15) is 0 Å². The van der Waals surface area contributed by atoms with Crippen LogP contribution in [0.5, 0.6) is 0 Å². The third-order valence-electron chi connectivity index (χ3n) is 2.27. The smallest absolute Gasteiger partial charge is 0.178 e. The summed E-state index contributed by atoms with van der Waals surface area (Å²) in [6.45, 7) is 3.51. The quantitative estimate of drug-likeness (QED) is 0.821. The summed E-state index contributed by atoms with van der Waals surface area (Å²) in [6.07, 6.45) is 0.580. The molecule has 1 N–H and O–H groups in total. The van der Waals surface area contributed by atoms with Gasteiger partial charge >= 0.3 is 0 Å². The van der Waals surface area contributed by atoms with Gasteiger partial charge in [-0.3, -0.25) is 0 Å². The van der Waals surface area contributed by atoms with E-state index >= 15 is 0 Å². The second kappa shape index (κ2) is 6.59. The van der Waals surface area contributed by atoms with Crippen molar-refractivity contribution in [2.24, 2.45) is 0 Å². The monoisotopic (exact) mass is 295 g/mol. The van der Waals surface area contributed by atoms with Crippen LogP contribution < -0.4 is 5.32 Å². The summed E-state index contributed by atoms with van der Waals surface area (Å²) in [6, 6.07) is 4.38. The molecule has 0 radical (unpaired) electrons. The molecule has 1 rings (SSSR count). The van der Waals surface area contributed by atoms with Gasteiger partial charge in [0.05, 0.1) is 20.7 Å². The standard InChI is InChI=1S/C11H15Cl2NO2S/c1-2-14-6-3-7-17(15,16)9-4-5-10(12)11(13)8-9/h4-5,8,14H,2-3,6-7H2,1H3. The Bertz CT molecular complexity index is 474. The van der Waals surface area contributed by atoms with E-state index < -0.39 is 9.84 Å². The average molecular weight is 296 g/mol. The number of hydrogen-bond donors (Lipinski definition) is 1. The van der Waals surface area contributed by atoms with E-state index in [4.69, 9.17) is 23.2 Å². The molecule has 0 saturated carbocycles. The first-order valence-corrected chi connectivity index (χ1v) is 7.76. The zero-order valence-corrected chi connectivity index (χ0v) is 11.9. The van der Waals surface area contributed by atoms with Gasteiger partial charge in [-0.1, -0.05) is 30.1 Å². The van der Waals surface area contributed by atoms with Crippen molar-refractivity contribution < 1.29 is 8.42 Å². The Hall–Kier alpha value is -0.290. The first-order chi connectivity index (χ1) is 7.97. The molecule has 3 nitrogen and oxygen atoms in total. The van der Waals surface area contributed by atoms with Crippen LogP contribution >= 0.6 is 23.2 Å². The zero-order valence-electron chi connectivity index (χ0n) is 9.54. The molecule has 0 unspecified atom stereocenters. The maximum absolute atomic E-state index is 11.9. The van der Waals surface area contributed by atoms with Crippen LogP contribution in [0, 0.1) is 0 Å². The second-order valence-electron chi connectivity index (χ2n) is 3.60. The van der Waals surface area contributed by atoms with Crippen molar-refractivity contribution >= 4 is 33.0 Å². The van der Waals surface area contributed by atoms with Crippen molar-refractivity contribution in [2.45, 2.75) is 18.2 Å². The highest BCUT2D eigenvalue weighted by atomic mass is 35.5. The highest BCUT2D eigenvalue weighted by molar-refractivity contribution is 7.91. The highest BCUT2D eigenvalue weighted by Gasteiger charge is 2.15. The lowest BCUT2D eigenvalue weighted by Crippen LogP contribution is -2.18. The molecule has 1 aromatic carbocycles. The van der Waals surface area contributed by atoms with Gasteiger partial charge in [0.15, 0.2) is 9.84 Å². The van der Waals surface area contributed by atoms with E-state index in [1.165, 1.54) is 18.2 Å². The van der Waals surface area contributed by atoms with Gasteiger partial charge in [0.1, 0.15) is 0 Å². The van der Waals surface area contributed by atoms with Crippen molar-refractivity contribution in [1.82, 2.24) is 5.32 Å². The Balaban J connectivity index is 2.72. The number of sulfone groups is 1. The third-order valence-corrected chi connectivity index (χ3v) is 4.80. The van der Waals surface area contributed by atoms with E-state index in [1.54, 1.807) is 0 Å². The number of hydrogen-bond acceptors (Lipinski definition) is 3. The summed E-state index contributed by atoms with van der Waals surface area (Å²) >= 11 is 11.5. The minimum Gasteiger partial charge on any atom is -0.317 e. The molecule has 0 aliphatic heterocycles. The fourth-order valence-electron chi connectivity index (χ4n) is 1.35. The van der Waals surface area contributed by atoms with Crippen LogP contribution in [0.4, 0.5) is 0 Å². The minimum atomic E-state index is -3.26. The topological polar surface area (TPSA) is 46.2 Å². The lowest BCUT2D eigenvalue weighted by molar-refractivity contribution is 0.590. The molecule has 0 fully saturated rings. The molecule has 0 heterocycles. The molecule has 0 bridgehead atoms. The minimum absolute atomic E-state index is 0.109. The van der Waals surface area contributed by atoms with Gasteiger partial charge in [-0.25, -0.2) is 8.42 Å². The highest BCUT2D eigenvalue weighted by Crippen LogP contribution is 2.25. The average Bonchev–Trinajstić information content (AvgIpc) is 2.28. The fourth-order valence-corrected chi connectivity index (χ4v) is 3.05. The van der Waals surface area contributed by atoms with Crippen LogP contribution in [0.2, 0.25) is 10.0 Å². The Kier molecular flexibility index (Phi) is 5.73. The van der Waals surface area contributed by atoms with E-state index in [0.717, 1.165) is 6.54 Å². The van der Waals surface area contributed by atoms with Crippen LogP contribution in [0.25, 0.3) is 0 Å². The predicted molar refractivity (Wildman–Crippen MR) is 71.7 cm³/mol. The van der Waals surface area contributed by atoms with Crippen molar-refractivity contribution in [3.05, 3.63) is 28.2 Å². The Morgan fingerprint density at radius 2 is 1.94 bits per heavy atom. The summed E-state index contributed by atoms with van der Waals surface area (Å²) in [5.74, 6) is 0.109. The molecule has 0 spiro atoms. The Morgan fingerprint density at radius 3 is 2.53 bits per heavy atom. The normalized spacial score (nSPS) is 11.7. The molecule has 0 aliphatic rings. The SMILES string of the molecule is CCNCCCS(=O)(=O)c1ccc(Cl)c(Cl)c1. The number of halogens is 2. The van der Waals surface area contributed by atoms with Gasteiger partial charge in [0.25, 0.3) is 0 Å². The lowest BCUT2D eigenvalue weighted by Gasteiger charge is -2.06. The van der Waals surface area contributed by atoms with Crippen LogP contribution in [0.3, 0.4) is 0 Å². The first kappa shape index (κ1) is 14.8. The molecule has 96 valence electrons. The van der Waals surface area contributed by atoms with Gasteiger partial charge < -0.3 is 5.32 Å². The van der Waals surface area contributed by atoms with Crippen molar-refractivity contribution in [3.8, 4) is 0 Å². The first-order valence-electron chi connectivity index (χ1n) is 5.36. The molecule has 0 saturated heterocycles. The predicted octanol–water partition coefficient (Wildman–Crippen LogP) is 2.77. The Labute approximate surface area is 112 Å². The summed E-state index contributed by atoms with van der Waals surface area (Å²) < 4.78 is 23.9. The summed E-state index contributed by atoms with van der Waals surface area (Å²) in [5, 5.41) is 3.70. The number of benzene rings is 1. The van der Waals surface area contributed by atoms with Crippen LogP contribution in [0.1, 0.15) is 13.3 Å². The molecule has 0 aliphatic carbocycles. The molecule has 6 heteroatoms. The van der Waals surface area contributed by atoms with E-state index in [1.807, 2.05) is 6.92 Å². The molecule has 0 aromatic heterocycles.